The van der Waals surface area contributed by atoms with Crippen molar-refractivity contribution in [2.75, 3.05) is 30.0 Å². The van der Waals surface area contributed by atoms with Crippen molar-refractivity contribution in [3.63, 3.8) is 0 Å². The Morgan fingerprint density at radius 1 is 1.27 bits per heavy atom. The van der Waals surface area contributed by atoms with E-state index in [2.05, 4.69) is 10.4 Å². The maximum Gasteiger partial charge on any atom is 0.230 e. The highest BCUT2D eigenvalue weighted by Crippen LogP contribution is 2.26. The molecule has 2 saturated heterocycles. The second kappa shape index (κ2) is 7.29. The number of amides is 2. The third-order valence-corrected chi connectivity index (χ3v) is 4.99. The van der Waals surface area contributed by atoms with Crippen LogP contribution in [0.15, 0.2) is 42.6 Å². The molecule has 2 amide bonds. The van der Waals surface area contributed by atoms with Gasteiger partial charge < -0.3 is 15.0 Å². The van der Waals surface area contributed by atoms with Crippen molar-refractivity contribution >= 4 is 23.3 Å². The molecular formula is C19H22N4O3. The topological polar surface area (TPSA) is 76.5 Å². The fourth-order valence-electron chi connectivity index (χ4n) is 3.53. The van der Waals surface area contributed by atoms with Crippen LogP contribution in [-0.4, -0.2) is 41.4 Å². The Hall–Kier alpha value is -2.67. The first-order chi connectivity index (χ1) is 12.7. The van der Waals surface area contributed by atoms with Gasteiger partial charge in [0.15, 0.2) is 0 Å². The first-order valence-electron chi connectivity index (χ1n) is 8.96. The Morgan fingerprint density at radius 3 is 2.88 bits per heavy atom. The molecule has 136 valence electrons. The van der Waals surface area contributed by atoms with Gasteiger partial charge in [0.05, 0.1) is 18.7 Å². The van der Waals surface area contributed by atoms with Crippen molar-refractivity contribution in [3.05, 3.63) is 42.6 Å². The summed E-state index contributed by atoms with van der Waals surface area (Å²) in [5, 5.41) is 7.25. The molecule has 2 aromatic rings. The number of anilines is 2. The van der Waals surface area contributed by atoms with E-state index in [1.807, 2.05) is 35.0 Å². The number of hydrogen-bond acceptors (Lipinski definition) is 4. The van der Waals surface area contributed by atoms with Crippen LogP contribution >= 0.6 is 0 Å². The molecule has 7 heteroatoms. The Labute approximate surface area is 151 Å². The second-order valence-corrected chi connectivity index (χ2v) is 6.86. The van der Waals surface area contributed by atoms with Gasteiger partial charge in [0.1, 0.15) is 5.82 Å². The molecule has 0 unspecified atom stereocenters. The molecule has 7 nitrogen and oxygen atoms in total. The van der Waals surface area contributed by atoms with Crippen molar-refractivity contribution in [3.8, 4) is 0 Å². The average Bonchev–Trinajstić information content (AvgIpc) is 3.39. The molecule has 2 fully saturated rings. The summed E-state index contributed by atoms with van der Waals surface area (Å²) in [5.74, 6) is 0.578. The molecule has 0 aliphatic carbocycles. The van der Waals surface area contributed by atoms with Gasteiger partial charge in [-0.25, -0.2) is 4.68 Å². The molecule has 2 aliphatic rings. The fourth-order valence-corrected chi connectivity index (χ4v) is 3.53. The molecule has 1 aromatic heterocycles. The Kier molecular flexibility index (Phi) is 4.71. The average molecular weight is 354 g/mol. The number of nitrogens with one attached hydrogen (secondary N) is 1. The SMILES string of the molecule is O=C(Nc1ccnn1C[C@@H]1CCOC1)[C@@H]1CC(=O)N(c2ccccc2)C1. The van der Waals surface area contributed by atoms with Crippen LogP contribution in [0.1, 0.15) is 12.8 Å². The quantitative estimate of drug-likeness (QED) is 0.890. The summed E-state index contributed by atoms with van der Waals surface area (Å²) in [4.78, 5) is 26.7. The minimum absolute atomic E-state index is 0.0204. The zero-order valence-electron chi connectivity index (χ0n) is 14.5. The number of rotatable bonds is 5. The van der Waals surface area contributed by atoms with Gasteiger partial charge in [-0.05, 0) is 18.6 Å². The van der Waals surface area contributed by atoms with Crippen LogP contribution in [0.2, 0.25) is 0 Å². The van der Waals surface area contributed by atoms with E-state index >= 15 is 0 Å². The molecule has 3 heterocycles. The third-order valence-electron chi connectivity index (χ3n) is 4.99. The predicted octanol–water partition coefficient (Wildman–Crippen LogP) is 1.91. The van der Waals surface area contributed by atoms with Crippen molar-refractivity contribution in [1.82, 2.24) is 9.78 Å². The molecular weight excluding hydrogens is 332 g/mol. The summed E-state index contributed by atoms with van der Waals surface area (Å²) in [5.41, 5.74) is 0.832. The molecule has 1 N–H and O–H groups in total. The van der Waals surface area contributed by atoms with Crippen molar-refractivity contribution < 1.29 is 14.3 Å². The Morgan fingerprint density at radius 2 is 2.12 bits per heavy atom. The van der Waals surface area contributed by atoms with E-state index in [1.54, 1.807) is 17.2 Å². The summed E-state index contributed by atoms with van der Waals surface area (Å²) < 4.78 is 7.21. The van der Waals surface area contributed by atoms with E-state index in [-0.39, 0.29) is 24.2 Å². The number of aromatic nitrogens is 2. The van der Waals surface area contributed by atoms with Crippen molar-refractivity contribution in [2.45, 2.75) is 19.4 Å². The van der Waals surface area contributed by atoms with Crippen LogP contribution in [-0.2, 0) is 20.9 Å². The van der Waals surface area contributed by atoms with E-state index in [0.29, 0.717) is 18.3 Å². The summed E-state index contributed by atoms with van der Waals surface area (Å²) in [7, 11) is 0. The largest absolute Gasteiger partial charge is 0.381 e. The van der Waals surface area contributed by atoms with Crippen LogP contribution in [0.5, 0.6) is 0 Å². The number of benzene rings is 1. The highest BCUT2D eigenvalue weighted by Gasteiger charge is 2.35. The van der Waals surface area contributed by atoms with Crippen LogP contribution in [0.4, 0.5) is 11.5 Å². The molecule has 1 aromatic carbocycles. The molecule has 0 spiro atoms. The maximum atomic E-state index is 12.7. The molecule has 0 radical (unpaired) electrons. The summed E-state index contributed by atoms with van der Waals surface area (Å²) in [6.07, 6.45) is 2.92. The van der Waals surface area contributed by atoms with Crippen LogP contribution in [0.3, 0.4) is 0 Å². The lowest BCUT2D eigenvalue weighted by atomic mass is 10.1. The Balaban J connectivity index is 1.40. The molecule has 2 atom stereocenters. The van der Waals surface area contributed by atoms with Crippen LogP contribution < -0.4 is 10.2 Å². The molecule has 2 aliphatic heterocycles. The number of nitrogens with zero attached hydrogens (tertiary/aromatic N) is 3. The van der Waals surface area contributed by atoms with E-state index < -0.39 is 0 Å². The number of para-hydroxylation sites is 1. The first-order valence-corrected chi connectivity index (χ1v) is 8.96. The number of carbonyl (C=O) groups excluding carboxylic acids is 2. The van der Waals surface area contributed by atoms with Gasteiger partial charge in [-0.2, -0.15) is 5.10 Å². The molecule has 0 bridgehead atoms. The van der Waals surface area contributed by atoms with Crippen molar-refractivity contribution in [1.29, 1.82) is 0 Å². The normalized spacial score (nSPS) is 22.8. The number of carbonyl (C=O) groups is 2. The van der Waals surface area contributed by atoms with Crippen molar-refractivity contribution in [2.24, 2.45) is 11.8 Å². The van der Waals surface area contributed by atoms with Gasteiger partial charge in [0.25, 0.3) is 0 Å². The van der Waals surface area contributed by atoms with Gasteiger partial charge in [0.2, 0.25) is 11.8 Å². The number of ether oxygens (including phenoxy) is 1. The maximum absolute atomic E-state index is 12.7. The van der Waals surface area contributed by atoms with Gasteiger partial charge in [-0.1, -0.05) is 18.2 Å². The fraction of sp³-hybridized carbons (Fsp3) is 0.421. The third kappa shape index (κ3) is 3.48. The van der Waals surface area contributed by atoms with Crippen LogP contribution in [0, 0.1) is 11.8 Å². The standard InChI is InChI=1S/C19H22N4O3/c24-18-10-15(12-22(18)16-4-2-1-3-5-16)19(25)21-17-6-8-20-23(17)11-14-7-9-26-13-14/h1-6,8,14-15H,7,9-13H2,(H,21,25)/t14-,15+/m0/s1. The van der Waals surface area contributed by atoms with Gasteiger partial charge >= 0.3 is 0 Å². The molecule has 4 rings (SSSR count). The second-order valence-electron chi connectivity index (χ2n) is 6.86. The summed E-state index contributed by atoms with van der Waals surface area (Å²) in [6, 6.07) is 11.3. The predicted molar refractivity (Wildman–Crippen MR) is 96.7 cm³/mol. The van der Waals surface area contributed by atoms with Gasteiger partial charge in [0, 0.05) is 43.8 Å². The molecule has 0 saturated carbocycles. The smallest absolute Gasteiger partial charge is 0.230 e. The van der Waals surface area contributed by atoms with E-state index in [9.17, 15) is 9.59 Å². The highest BCUT2D eigenvalue weighted by molar-refractivity contribution is 6.03. The minimum atomic E-state index is -0.360. The zero-order chi connectivity index (χ0) is 17.9. The lowest BCUT2D eigenvalue weighted by Gasteiger charge is -2.17. The number of hydrogen-bond donors (Lipinski definition) is 1. The zero-order valence-corrected chi connectivity index (χ0v) is 14.5. The Bertz CT molecular complexity index is 783. The lowest BCUT2D eigenvalue weighted by Crippen LogP contribution is -2.29. The van der Waals surface area contributed by atoms with Crippen LogP contribution in [0.25, 0.3) is 0 Å². The lowest BCUT2D eigenvalue weighted by molar-refractivity contribution is -0.122. The van der Waals surface area contributed by atoms with Gasteiger partial charge in [-0.3, -0.25) is 9.59 Å². The van der Waals surface area contributed by atoms with E-state index in [0.717, 1.165) is 31.9 Å². The summed E-state index contributed by atoms with van der Waals surface area (Å²) >= 11 is 0. The van der Waals surface area contributed by atoms with E-state index in [4.69, 9.17) is 4.74 Å². The minimum Gasteiger partial charge on any atom is -0.381 e. The highest BCUT2D eigenvalue weighted by atomic mass is 16.5. The van der Waals surface area contributed by atoms with Gasteiger partial charge in [-0.15, -0.1) is 0 Å². The summed E-state index contributed by atoms with van der Waals surface area (Å²) in [6.45, 7) is 2.64. The monoisotopic (exact) mass is 354 g/mol. The molecule has 26 heavy (non-hydrogen) atoms. The van der Waals surface area contributed by atoms with E-state index in [1.165, 1.54) is 0 Å². The first kappa shape index (κ1) is 16.8.